The lowest BCUT2D eigenvalue weighted by Crippen LogP contribution is -2.11. The number of nitrogens with one attached hydrogen (secondary N) is 1. The Morgan fingerprint density at radius 1 is 1.19 bits per heavy atom. The summed E-state index contributed by atoms with van der Waals surface area (Å²) in [4.78, 5) is 12.4. The Morgan fingerprint density at radius 2 is 1.92 bits per heavy atom. The van der Waals surface area contributed by atoms with E-state index in [-0.39, 0.29) is 18.3 Å². The molecule has 26 heavy (non-hydrogen) atoms. The Labute approximate surface area is 152 Å². The van der Waals surface area contributed by atoms with E-state index in [9.17, 15) is 4.79 Å². The highest BCUT2D eigenvalue weighted by Gasteiger charge is 2.15. The first-order valence-corrected chi connectivity index (χ1v) is 8.60. The average Bonchev–Trinajstić information content (AvgIpc) is 3.20. The van der Waals surface area contributed by atoms with Crippen LogP contribution in [0.5, 0.6) is 5.75 Å². The van der Waals surface area contributed by atoms with Crippen LogP contribution < -0.4 is 10.1 Å². The molecule has 6 nitrogen and oxygen atoms in total. The molecular weight excluding hydrogens is 330 g/mol. The highest BCUT2D eigenvalue weighted by Crippen LogP contribution is 2.19. The lowest BCUT2D eigenvalue weighted by molar-refractivity contribution is 0.0992. The number of carbonyl (C=O) groups excluding carboxylic acids is 1. The van der Waals surface area contributed by atoms with Crippen molar-refractivity contribution < 1.29 is 13.9 Å². The summed E-state index contributed by atoms with van der Waals surface area (Å²) in [5.74, 6) is 1.32. The van der Waals surface area contributed by atoms with E-state index in [1.165, 1.54) is 0 Å². The van der Waals surface area contributed by atoms with E-state index >= 15 is 0 Å². The van der Waals surface area contributed by atoms with Crippen molar-refractivity contribution in [1.29, 1.82) is 0 Å². The summed E-state index contributed by atoms with van der Waals surface area (Å²) in [6, 6.07) is 9.43. The van der Waals surface area contributed by atoms with Gasteiger partial charge in [0.1, 0.15) is 18.1 Å². The van der Waals surface area contributed by atoms with Crippen molar-refractivity contribution in [2.24, 2.45) is 0 Å². The molecule has 1 aromatic carbocycles. The van der Waals surface area contributed by atoms with Crippen molar-refractivity contribution in [3.63, 3.8) is 0 Å². The third kappa shape index (κ3) is 3.96. The number of nitrogens with zero attached hydrogens (tertiary/aromatic N) is 2. The van der Waals surface area contributed by atoms with Crippen LogP contribution in [-0.2, 0) is 13.2 Å². The molecule has 0 aliphatic rings. The summed E-state index contributed by atoms with van der Waals surface area (Å²) in [6.45, 7) is 8.98. The minimum atomic E-state index is -0.304. The van der Waals surface area contributed by atoms with Crippen molar-refractivity contribution in [3.8, 4) is 5.75 Å². The predicted octanol–water partition coefficient (Wildman–Crippen LogP) is 4.25. The van der Waals surface area contributed by atoms with Crippen LogP contribution in [0, 0.1) is 20.8 Å². The van der Waals surface area contributed by atoms with Crippen LogP contribution in [0.15, 0.2) is 40.9 Å². The molecule has 136 valence electrons. The summed E-state index contributed by atoms with van der Waals surface area (Å²) in [5, 5.41) is 7.04. The fraction of sp³-hybridized carbons (Fsp3) is 0.300. The number of anilines is 1. The van der Waals surface area contributed by atoms with Gasteiger partial charge >= 0.3 is 0 Å². The van der Waals surface area contributed by atoms with Crippen molar-refractivity contribution >= 4 is 11.6 Å². The smallest absolute Gasteiger partial charge is 0.291 e. The molecule has 3 aromatic rings. The normalized spacial score (nSPS) is 10.8. The Hall–Kier alpha value is -3.02. The number of rotatable bonds is 6. The molecule has 0 aliphatic carbocycles. The van der Waals surface area contributed by atoms with Gasteiger partial charge in [-0.05, 0) is 63.1 Å². The molecule has 2 heterocycles. The van der Waals surface area contributed by atoms with Gasteiger partial charge in [0.25, 0.3) is 5.91 Å². The molecule has 0 spiro atoms. The molecule has 0 atom stereocenters. The van der Waals surface area contributed by atoms with E-state index in [2.05, 4.69) is 16.5 Å². The van der Waals surface area contributed by atoms with Gasteiger partial charge in [0.05, 0.1) is 17.6 Å². The molecule has 2 aromatic heterocycles. The van der Waals surface area contributed by atoms with Gasteiger partial charge in [0.15, 0.2) is 5.76 Å². The number of hydrogen-bond donors (Lipinski definition) is 1. The largest absolute Gasteiger partial charge is 0.486 e. The summed E-state index contributed by atoms with van der Waals surface area (Å²) in [6.07, 6.45) is 1.64. The fourth-order valence-electron chi connectivity index (χ4n) is 2.82. The fourth-order valence-corrected chi connectivity index (χ4v) is 2.82. The third-order valence-corrected chi connectivity index (χ3v) is 4.11. The number of carbonyl (C=O) groups is 1. The highest BCUT2D eigenvalue weighted by molar-refractivity contribution is 6.02. The first-order chi connectivity index (χ1) is 12.5. The number of benzene rings is 1. The zero-order valence-electron chi connectivity index (χ0n) is 15.5. The Morgan fingerprint density at radius 3 is 2.58 bits per heavy atom. The first kappa shape index (κ1) is 17.8. The molecule has 0 radical (unpaired) electrons. The second-order valence-corrected chi connectivity index (χ2v) is 6.29. The van der Waals surface area contributed by atoms with Gasteiger partial charge in [0.2, 0.25) is 0 Å². The summed E-state index contributed by atoms with van der Waals surface area (Å²) >= 11 is 0. The molecule has 0 saturated carbocycles. The standard InChI is InChI=1S/C20H23N3O3/c1-5-23-15(4)18(11-21-23)22-20(24)19-7-6-16(26-19)12-25-17-9-13(2)8-14(3)10-17/h6-11H,5,12H2,1-4H3,(H,22,24). The monoisotopic (exact) mass is 353 g/mol. The van der Waals surface area contributed by atoms with Gasteiger partial charge in [-0.3, -0.25) is 9.48 Å². The zero-order valence-corrected chi connectivity index (χ0v) is 15.5. The molecule has 1 amide bonds. The number of aromatic nitrogens is 2. The zero-order chi connectivity index (χ0) is 18.7. The van der Waals surface area contributed by atoms with Crippen LogP contribution in [-0.4, -0.2) is 15.7 Å². The van der Waals surface area contributed by atoms with Gasteiger partial charge in [0, 0.05) is 6.54 Å². The van der Waals surface area contributed by atoms with Crippen molar-refractivity contribution in [1.82, 2.24) is 9.78 Å². The van der Waals surface area contributed by atoms with Gasteiger partial charge in [-0.25, -0.2) is 0 Å². The van der Waals surface area contributed by atoms with E-state index in [0.29, 0.717) is 11.4 Å². The van der Waals surface area contributed by atoms with Crippen LogP contribution in [0.25, 0.3) is 0 Å². The van der Waals surface area contributed by atoms with E-state index < -0.39 is 0 Å². The average molecular weight is 353 g/mol. The molecule has 0 fully saturated rings. The van der Waals surface area contributed by atoms with E-state index in [1.807, 2.05) is 44.5 Å². The quantitative estimate of drug-likeness (QED) is 0.719. The lowest BCUT2D eigenvalue weighted by atomic mass is 10.1. The van der Waals surface area contributed by atoms with E-state index in [0.717, 1.165) is 29.1 Å². The molecular formula is C20H23N3O3. The predicted molar refractivity (Wildman–Crippen MR) is 99.5 cm³/mol. The number of ether oxygens (including phenoxy) is 1. The van der Waals surface area contributed by atoms with E-state index in [4.69, 9.17) is 9.15 Å². The van der Waals surface area contributed by atoms with Crippen molar-refractivity contribution in [3.05, 3.63) is 64.9 Å². The summed E-state index contributed by atoms with van der Waals surface area (Å²) in [5.41, 5.74) is 3.87. The molecule has 0 bridgehead atoms. The second-order valence-electron chi connectivity index (χ2n) is 6.29. The molecule has 1 N–H and O–H groups in total. The van der Waals surface area contributed by atoms with Crippen LogP contribution >= 0.6 is 0 Å². The summed E-state index contributed by atoms with van der Waals surface area (Å²) in [7, 11) is 0. The van der Waals surface area contributed by atoms with Gasteiger partial charge < -0.3 is 14.5 Å². The van der Waals surface area contributed by atoms with Gasteiger partial charge in [-0.2, -0.15) is 5.10 Å². The van der Waals surface area contributed by atoms with Gasteiger partial charge in [-0.15, -0.1) is 0 Å². The van der Waals surface area contributed by atoms with Crippen LogP contribution in [0.1, 0.15) is 40.1 Å². The van der Waals surface area contributed by atoms with Crippen LogP contribution in [0.3, 0.4) is 0 Å². The van der Waals surface area contributed by atoms with E-state index in [1.54, 1.807) is 18.3 Å². The molecule has 0 unspecified atom stereocenters. The second kappa shape index (κ2) is 7.47. The van der Waals surface area contributed by atoms with Crippen molar-refractivity contribution in [2.45, 2.75) is 40.8 Å². The number of aryl methyl sites for hydroxylation is 3. The van der Waals surface area contributed by atoms with Crippen molar-refractivity contribution in [2.75, 3.05) is 5.32 Å². The SMILES string of the molecule is CCn1ncc(NC(=O)c2ccc(COc3cc(C)cc(C)c3)o2)c1C. The maximum absolute atomic E-state index is 12.4. The third-order valence-electron chi connectivity index (χ3n) is 4.11. The molecule has 0 saturated heterocycles. The van der Waals surface area contributed by atoms with Crippen LogP contribution in [0.2, 0.25) is 0 Å². The Bertz CT molecular complexity index is 904. The maximum atomic E-state index is 12.4. The highest BCUT2D eigenvalue weighted by atomic mass is 16.5. The topological polar surface area (TPSA) is 69.3 Å². The molecule has 6 heteroatoms. The van der Waals surface area contributed by atoms with Crippen LogP contribution in [0.4, 0.5) is 5.69 Å². The number of amides is 1. The minimum absolute atomic E-state index is 0.243. The molecule has 0 aliphatic heterocycles. The molecule has 3 rings (SSSR count). The number of furan rings is 1. The Balaban J connectivity index is 1.63. The summed E-state index contributed by atoms with van der Waals surface area (Å²) < 4.78 is 13.2. The maximum Gasteiger partial charge on any atom is 0.291 e. The minimum Gasteiger partial charge on any atom is -0.486 e. The van der Waals surface area contributed by atoms with Gasteiger partial charge in [-0.1, -0.05) is 6.07 Å². The number of hydrogen-bond acceptors (Lipinski definition) is 4. The lowest BCUT2D eigenvalue weighted by Gasteiger charge is -2.07. The first-order valence-electron chi connectivity index (χ1n) is 8.60. The Kier molecular flexibility index (Phi) is 5.11.